The van der Waals surface area contributed by atoms with E-state index in [1.807, 2.05) is 24.3 Å². The Morgan fingerprint density at radius 1 is 1.07 bits per heavy atom. The van der Waals surface area contributed by atoms with Crippen molar-refractivity contribution in [2.45, 2.75) is 24.9 Å². The van der Waals surface area contributed by atoms with Gasteiger partial charge in [0.25, 0.3) is 0 Å². The van der Waals surface area contributed by atoms with Gasteiger partial charge in [-0.05, 0) is 42.7 Å². The normalized spacial score (nSPS) is 17.9. The van der Waals surface area contributed by atoms with E-state index in [4.69, 9.17) is 9.47 Å². The van der Waals surface area contributed by atoms with Crippen LogP contribution in [0.4, 0.5) is 24.1 Å². The summed E-state index contributed by atoms with van der Waals surface area (Å²) in [5, 5.41) is 18.3. The molecule has 0 saturated carbocycles. The zero-order valence-corrected chi connectivity index (χ0v) is 22.8. The number of carboxylic acids is 1. The molecule has 1 unspecified atom stereocenters. The fraction of sp³-hybridized carbons (Fsp3) is 0.393. The van der Waals surface area contributed by atoms with Gasteiger partial charge in [0, 0.05) is 39.3 Å². The lowest BCUT2D eigenvalue weighted by molar-refractivity contribution is -0.133. The Balaban J connectivity index is 1.39. The number of ether oxygens (including phenoxy) is 2. The molecule has 1 atom stereocenters. The van der Waals surface area contributed by atoms with E-state index < -0.39 is 41.3 Å². The molecule has 0 bridgehead atoms. The number of methoxy groups -OCH3 is 2. The Morgan fingerprint density at radius 3 is 2.46 bits per heavy atom. The van der Waals surface area contributed by atoms with Gasteiger partial charge >= 0.3 is 18.0 Å². The van der Waals surface area contributed by atoms with Crippen LogP contribution in [0.5, 0.6) is 5.75 Å². The SMILES string of the molecule is COCC1=C(C(=O)O)C(c2ccc(F)c(F)c2)N(C(=O)NCCNC2CCN(c3ccccc3OC)CC2)C(=O)N1. The van der Waals surface area contributed by atoms with Crippen molar-refractivity contribution < 1.29 is 37.7 Å². The third-order valence-electron chi connectivity index (χ3n) is 7.09. The number of nitrogens with one attached hydrogen (secondary N) is 3. The highest BCUT2D eigenvalue weighted by molar-refractivity contribution is 6.01. The number of amides is 4. The van der Waals surface area contributed by atoms with Crippen molar-refractivity contribution in [3.63, 3.8) is 0 Å². The zero-order chi connectivity index (χ0) is 29.5. The Labute approximate surface area is 236 Å². The van der Waals surface area contributed by atoms with E-state index in [-0.39, 0.29) is 30.5 Å². The lowest BCUT2D eigenvalue weighted by atomic mass is 9.93. The number of imide groups is 1. The molecule has 0 radical (unpaired) electrons. The second-order valence-electron chi connectivity index (χ2n) is 9.63. The minimum Gasteiger partial charge on any atom is -0.495 e. The molecule has 0 aliphatic carbocycles. The average molecular weight is 574 g/mol. The van der Waals surface area contributed by atoms with Crippen LogP contribution >= 0.6 is 0 Å². The van der Waals surface area contributed by atoms with Crippen LogP contribution < -0.4 is 25.6 Å². The van der Waals surface area contributed by atoms with E-state index in [0.29, 0.717) is 11.4 Å². The maximum Gasteiger partial charge on any atom is 0.335 e. The van der Waals surface area contributed by atoms with Gasteiger partial charge in [-0.1, -0.05) is 18.2 Å². The van der Waals surface area contributed by atoms with Crippen molar-refractivity contribution in [1.82, 2.24) is 20.9 Å². The molecular weight excluding hydrogens is 540 g/mol. The van der Waals surface area contributed by atoms with E-state index in [0.717, 1.165) is 55.6 Å². The van der Waals surface area contributed by atoms with Crippen LogP contribution in [-0.4, -0.2) is 81.1 Å². The number of carbonyl (C=O) groups is 3. The summed E-state index contributed by atoms with van der Waals surface area (Å²) in [6.45, 7) is 1.90. The van der Waals surface area contributed by atoms with E-state index >= 15 is 0 Å². The predicted molar refractivity (Wildman–Crippen MR) is 146 cm³/mol. The first-order valence-electron chi connectivity index (χ1n) is 13.1. The lowest BCUT2D eigenvalue weighted by Crippen LogP contribution is -2.55. The van der Waals surface area contributed by atoms with Gasteiger partial charge in [-0.25, -0.2) is 28.1 Å². The second kappa shape index (κ2) is 13.4. The summed E-state index contributed by atoms with van der Waals surface area (Å²) in [6, 6.07) is 7.44. The van der Waals surface area contributed by atoms with Gasteiger partial charge < -0.3 is 35.4 Å². The number of hydrogen-bond donors (Lipinski definition) is 4. The van der Waals surface area contributed by atoms with Crippen molar-refractivity contribution in [2.75, 3.05) is 51.9 Å². The van der Waals surface area contributed by atoms with Gasteiger partial charge in [0.2, 0.25) is 0 Å². The third kappa shape index (κ3) is 6.74. The minimum absolute atomic E-state index is 0.0835. The van der Waals surface area contributed by atoms with Crippen LogP contribution in [0, 0.1) is 11.6 Å². The number of hydrogen-bond acceptors (Lipinski definition) is 7. The summed E-state index contributed by atoms with van der Waals surface area (Å²) in [5.74, 6) is -3.03. The van der Waals surface area contributed by atoms with Crippen molar-refractivity contribution in [2.24, 2.45) is 0 Å². The number of nitrogens with zero attached hydrogens (tertiary/aromatic N) is 2. The number of rotatable bonds is 10. The lowest BCUT2D eigenvalue weighted by Gasteiger charge is -2.36. The van der Waals surface area contributed by atoms with Crippen molar-refractivity contribution in [1.29, 1.82) is 0 Å². The van der Waals surface area contributed by atoms with Crippen molar-refractivity contribution >= 4 is 23.7 Å². The summed E-state index contributed by atoms with van der Waals surface area (Å²) in [4.78, 5) is 41.3. The number of anilines is 1. The molecule has 13 heteroatoms. The van der Waals surface area contributed by atoms with Crippen LogP contribution in [0.2, 0.25) is 0 Å². The molecule has 2 aliphatic rings. The molecule has 1 fully saturated rings. The largest absolute Gasteiger partial charge is 0.495 e. The van der Waals surface area contributed by atoms with Crippen LogP contribution in [0.25, 0.3) is 0 Å². The molecule has 41 heavy (non-hydrogen) atoms. The first kappa shape index (κ1) is 29.7. The van der Waals surface area contributed by atoms with Gasteiger partial charge in [-0.2, -0.15) is 0 Å². The number of urea groups is 2. The first-order chi connectivity index (χ1) is 19.7. The third-order valence-corrected chi connectivity index (χ3v) is 7.09. The highest BCUT2D eigenvalue weighted by Gasteiger charge is 2.42. The number of aliphatic carboxylic acids is 1. The Morgan fingerprint density at radius 2 is 1.80 bits per heavy atom. The van der Waals surface area contributed by atoms with Gasteiger partial charge in [0.1, 0.15) is 11.8 Å². The molecule has 2 aromatic rings. The Kier molecular flexibility index (Phi) is 9.73. The molecule has 2 aliphatic heterocycles. The van der Waals surface area contributed by atoms with E-state index in [1.165, 1.54) is 7.11 Å². The molecule has 4 amide bonds. The Hall–Kier alpha value is -4.23. The molecular formula is C28H33F2N5O6. The number of carbonyl (C=O) groups excluding carboxylic acids is 2. The van der Waals surface area contributed by atoms with E-state index in [2.05, 4.69) is 20.9 Å². The fourth-order valence-corrected chi connectivity index (χ4v) is 5.13. The van der Waals surface area contributed by atoms with Crippen LogP contribution in [0.3, 0.4) is 0 Å². The fourth-order valence-electron chi connectivity index (χ4n) is 5.13. The summed E-state index contributed by atoms with van der Waals surface area (Å²) >= 11 is 0. The summed E-state index contributed by atoms with van der Waals surface area (Å²) in [5.41, 5.74) is 0.469. The van der Waals surface area contributed by atoms with Crippen LogP contribution in [0.15, 0.2) is 53.7 Å². The molecule has 4 N–H and O–H groups in total. The van der Waals surface area contributed by atoms with E-state index in [1.54, 1.807) is 7.11 Å². The summed E-state index contributed by atoms with van der Waals surface area (Å²) in [6.07, 6.45) is 1.74. The van der Waals surface area contributed by atoms with Crippen molar-refractivity contribution in [3.8, 4) is 5.75 Å². The maximum atomic E-state index is 14.1. The maximum absolute atomic E-state index is 14.1. The van der Waals surface area contributed by atoms with Gasteiger partial charge in [-0.15, -0.1) is 0 Å². The monoisotopic (exact) mass is 573 g/mol. The van der Waals surface area contributed by atoms with Crippen LogP contribution in [0.1, 0.15) is 24.4 Å². The second-order valence-corrected chi connectivity index (χ2v) is 9.63. The standard InChI is InChI=1S/C28H33F2N5O6/c1-40-16-21-24(26(36)37)25(17-7-8-19(29)20(30)15-17)35(28(39)33-21)27(38)32-12-11-31-18-9-13-34(14-10-18)22-5-3-4-6-23(22)41-2/h3-8,15,18,25,31H,9-14,16H2,1-2H3,(H,32,38)(H,33,39)(H,36,37). The zero-order valence-electron chi connectivity index (χ0n) is 22.8. The summed E-state index contributed by atoms with van der Waals surface area (Å²) in [7, 11) is 2.95. The van der Waals surface area contributed by atoms with Gasteiger partial charge in [0.15, 0.2) is 11.6 Å². The van der Waals surface area contributed by atoms with Crippen LogP contribution in [-0.2, 0) is 9.53 Å². The minimum atomic E-state index is -1.52. The molecule has 11 nitrogen and oxygen atoms in total. The summed E-state index contributed by atoms with van der Waals surface area (Å²) < 4.78 is 38.2. The highest BCUT2D eigenvalue weighted by Crippen LogP contribution is 2.35. The molecule has 0 spiro atoms. The number of benzene rings is 2. The average Bonchev–Trinajstić information content (AvgIpc) is 2.96. The van der Waals surface area contributed by atoms with Gasteiger partial charge in [0.05, 0.1) is 30.7 Å². The number of piperidine rings is 1. The quantitative estimate of drug-likeness (QED) is 0.319. The Bertz CT molecular complexity index is 1310. The first-order valence-corrected chi connectivity index (χ1v) is 13.1. The molecule has 4 rings (SSSR count). The molecule has 2 heterocycles. The topological polar surface area (TPSA) is 132 Å². The van der Waals surface area contributed by atoms with Gasteiger partial charge in [-0.3, -0.25) is 0 Å². The van der Waals surface area contributed by atoms with Crippen molar-refractivity contribution in [3.05, 3.63) is 70.9 Å². The molecule has 1 saturated heterocycles. The van der Waals surface area contributed by atoms with E-state index in [9.17, 15) is 28.3 Å². The number of para-hydroxylation sites is 2. The number of carboxylic acid groups (broad SMARTS) is 1. The molecule has 0 aromatic heterocycles. The molecule has 220 valence electrons. The smallest absolute Gasteiger partial charge is 0.335 e. The number of halogens is 2. The highest BCUT2D eigenvalue weighted by atomic mass is 19.2. The molecule has 2 aromatic carbocycles. The predicted octanol–water partition coefficient (Wildman–Crippen LogP) is 2.99.